The van der Waals surface area contributed by atoms with Gasteiger partial charge in [-0.3, -0.25) is 9.69 Å². The molecule has 0 bridgehead atoms. The fraction of sp³-hybridized carbons (Fsp3) is 0.769. The van der Waals surface area contributed by atoms with E-state index in [9.17, 15) is 4.79 Å². The molecule has 3 rings (SSSR count). The molecule has 1 saturated carbocycles. The fourth-order valence-corrected chi connectivity index (χ4v) is 2.87. The highest BCUT2D eigenvalue weighted by Crippen LogP contribution is 2.36. The Hall–Kier alpha value is -0.870. The van der Waals surface area contributed by atoms with Gasteiger partial charge in [-0.2, -0.15) is 0 Å². The summed E-state index contributed by atoms with van der Waals surface area (Å²) in [6, 6.07) is 0.531. The van der Waals surface area contributed by atoms with Crippen molar-refractivity contribution in [3.8, 4) is 0 Å². The van der Waals surface area contributed by atoms with Crippen LogP contribution in [0.3, 0.4) is 0 Å². The van der Waals surface area contributed by atoms with Crippen molar-refractivity contribution in [1.82, 2.24) is 15.1 Å². The van der Waals surface area contributed by atoms with Gasteiger partial charge in [-0.1, -0.05) is 0 Å². The molecule has 0 spiro atoms. The molecule has 0 atom stereocenters. The monoisotopic (exact) mass is 235 g/mol. The van der Waals surface area contributed by atoms with Crippen LogP contribution in [0.2, 0.25) is 0 Å². The molecule has 3 aliphatic rings. The Morgan fingerprint density at radius 1 is 1.29 bits per heavy atom. The van der Waals surface area contributed by atoms with Gasteiger partial charge in [0.25, 0.3) is 0 Å². The molecule has 1 amide bonds. The molecule has 1 saturated heterocycles. The summed E-state index contributed by atoms with van der Waals surface area (Å²) in [5.74, 6) is 0.329. The van der Waals surface area contributed by atoms with Crippen LogP contribution in [0, 0.1) is 0 Å². The predicted molar refractivity (Wildman–Crippen MR) is 66.5 cm³/mol. The molecule has 2 heterocycles. The molecule has 2 aliphatic heterocycles. The van der Waals surface area contributed by atoms with Crippen molar-refractivity contribution in [3.63, 3.8) is 0 Å². The second-order valence-corrected chi connectivity index (χ2v) is 5.39. The standard InChI is InChI=1S/C13H21N3O/c1-10-11(9-15-6-4-14-5-7-15)8-13(17)16(10)12-2-3-12/h12,14H,2-9H2,1H3. The molecule has 17 heavy (non-hydrogen) atoms. The number of allylic oxidation sites excluding steroid dienone is 1. The maximum Gasteiger partial charge on any atom is 0.231 e. The molecule has 1 aliphatic carbocycles. The number of hydrogen-bond acceptors (Lipinski definition) is 3. The number of nitrogens with zero attached hydrogens (tertiary/aromatic N) is 2. The minimum atomic E-state index is 0.329. The first kappa shape index (κ1) is 11.2. The van der Waals surface area contributed by atoms with E-state index < -0.39 is 0 Å². The van der Waals surface area contributed by atoms with Crippen molar-refractivity contribution in [1.29, 1.82) is 0 Å². The van der Waals surface area contributed by atoms with Crippen LogP contribution in [0.25, 0.3) is 0 Å². The van der Waals surface area contributed by atoms with Gasteiger partial charge in [0.1, 0.15) is 0 Å². The number of amides is 1. The van der Waals surface area contributed by atoms with Crippen LogP contribution in [-0.4, -0.2) is 54.5 Å². The number of piperazine rings is 1. The summed E-state index contributed by atoms with van der Waals surface area (Å²) in [4.78, 5) is 16.5. The Bertz CT molecular complexity index is 354. The Labute approximate surface area is 103 Å². The second-order valence-electron chi connectivity index (χ2n) is 5.39. The number of carbonyl (C=O) groups excluding carboxylic acids is 1. The molecule has 94 valence electrons. The summed E-state index contributed by atoms with van der Waals surface area (Å²) in [7, 11) is 0. The number of carbonyl (C=O) groups is 1. The Balaban J connectivity index is 1.67. The van der Waals surface area contributed by atoms with Crippen LogP contribution in [0.5, 0.6) is 0 Å². The molecule has 0 aromatic carbocycles. The number of nitrogens with one attached hydrogen (secondary N) is 1. The van der Waals surface area contributed by atoms with Gasteiger partial charge in [0.15, 0.2) is 0 Å². The second kappa shape index (κ2) is 4.42. The van der Waals surface area contributed by atoms with Crippen molar-refractivity contribution in [2.24, 2.45) is 0 Å². The third-order valence-corrected chi connectivity index (χ3v) is 4.04. The van der Waals surface area contributed by atoms with Crippen molar-refractivity contribution < 1.29 is 4.79 Å². The molecule has 4 heteroatoms. The molecule has 0 unspecified atom stereocenters. The summed E-state index contributed by atoms with van der Waals surface area (Å²) in [6.45, 7) is 7.48. The first-order chi connectivity index (χ1) is 8.25. The van der Waals surface area contributed by atoms with Crippen LogP contribution < -0.4 is 5.32 Å². The normalized spacial score (nSPS) is 27.1. The minimum Gasteiger partial charge on any atom is -0.314 e. The zero-order valence-corrected chi connectivity index (χ0v) is 10.5. The van der Waals surface area contributed by atoms with E-state index in [1.54, 1.807) is 0 Å². The van der Waals surface area contributed by atoms with E-state index >= 15 is 0 Å². The summed E-state index contributed by atoms with van der Waals surface area (Å²) in [5.41, 5.74) is 2.60. The highest BCUT2D eigenvalue weighted by molar-refractivity contribution is 5.84. The lowest BCUT2D eigenvalue weighted by atomic mass is 10.1. The SMILES string of the molecule is CC1=C(CN2CCNCC2)CC(=O)N1C1CC1. The van der Waals surface area contributed by atoms with E-state index in [1.165, 1.54) is 24.1 Å². The van der Waals surface area contributed by atoms with Crippen molar-refractivity contribution in [2.75, 3.05) is 32.7 Å². The topological polar surface area (TPSA) is 35.6 Å². The van der Waals surface area contributed by atoms with E-state index in [2.05, 4.69) is 22.0 Å². The Kier molecular flexibility index (Phi) is 2.92. The average molecular weight is 235 g/mol. The fourth-order valence-electron chi connectivity index (χ4n) is 2.87. The lowest BCUT2D eigenvalue weighted by Gasteiger charge is -2.27. The largest absolute Gasteiger partial charge is 0.314 e. The lowest BCUT2D eigenvalue weighted by molar-refractivity contribution is -0.127. The third kappa shape index (κ3) is 2.24. The molecule has 0 radical (unpaired) electrons. The van der Waals surface area contributed by atoms with Crippen LogP contribution >= 0.6 is 0 Å². The zero-order valence-electron chi connectivity index (χ0n) is 10.5. The first-order valence-electron chi connectivity index (χ1n) is 6.69. The first-order valence-corrected chi connectivity index (χ1v) is 6.69. The lowest BCUT2D eigenvalue weighted by Crippen LogP contribution is -2.44. The number of rotatable bonds is 3. The van der Waals surface area contributed by atoms with Crippen molar-refractivity contribution >= 4 is 5.91 Å². The van der Waals surface area contributed by atoms with Gasteiger partial charge in [0.2, 0.25) is 5.91 Å². The van der Waals surface area contributed by atoms with Crippen LogP contribution in [0.15, 0.2) is 11.3 Å². The van der Waals surface area contributed by atoms with E-state index in [1.807, 2.05) is 0 Å². The van der Waals surface area contributed by atoms with Gasteiger partial charge in [-0.05, 0) is 25.3 Å². The molecule has 0 aromatic heterocycles. The van der Waals surface area contributed by atoms with Crippen molar-refractivity contribution in [3.05, 3.63) is 11.3 Å². The quantitative estimate of drug-likeness (QED) is 0.776. The van der Waals surface area contributed by atoms with E-state index in [-0.39, 0.29) is 0 Å². The van der Waals surface area contributed by atoms with E-state index in [0.29, 0.717) is 18.4 Å². The maximum absolute atomic E-state index is 12.0. The van der Waals surface area contributed by atoms with Gasteiger partial charge in [0, 0.05) is 44.5 Å². The third-order valence-electron chi connectivity index (χ3n) is 4.04. The molecule has 0 aromatic rings. The average Bonchev–Trinajstić information content (AvgIpc) is 3.10. The summed E-state index contributed by atoms with van der Waals surface area (Å²) < 4.78 is 0. The van der Waals surface area contributed by atoms with Crippen LogP contribution in [0.4, 0.5) is 0 Å². The summed E-state index contributed by atoms with van der Waals surface area (Å²) >= 11 is 0. The van der Waals surface area contributed by atoms with E-state index in [4.69, 9.17) is 0 Å². The zero-order chi connectivity index (χ0) is 11.8. The smallest absolute Gasteiger partial charge is 0.231 e. The molecule has 4 nitrogen and oxygen atoms in total. The molecular weight excluding hydrogens is 214 g/mol. The summed E-state index contributed by atoms with van der Waals surface area (Å²) in [6.07, 6.45) is 3.06. The van der Waals surface area contributed by atoms with Gasteiger partial charge in [-0.15, -0.1) is 0 Å². The van der Waals surface area contributed by atoms with Crippen LogP contribution in [0.1, 0.15) is 26.2 Å². The molecular formula is C13H21N3O. The predicted octanol–water partition coefficient (Wildman–Crippen LogP) is 0.560. The maximum atomic E-state index is 12.0. The highest BCUT2D eigenvalue weighted by Gasteiger charge is 2.38. The Morgan fingerprint density at radius 2 is 2.00 bits per heavy atom. The number of hydrogen-bond donors (Lipinski definition) is 1. The van der Waals surface area contributed by atoms with Gasteiger partial charge in [-0.25, -0.2) is 0 Å². The van der Waals surface area contributed by atoms with Crippen molar-refractivity contribution in [2.45, 2.75) is 32.2 Å². The summed E-state index contributed by atoms with van der Waals surface area (Å²) in [5, 5.41) is 3.36. The minimum absolute atomic E-state index is 0.329. The van der Waals surface area contributed by atoms with Gasteiger partial charge >= 0.3 is 0 Å². The van der Waals surface area contributed by atoms with Crippen LogP contribution in [-0.2, 0) is 4.79 Å². The van der Waals surface area contributed by atoms with Gasteiger partial charge < -0.3 is 10.2 Å². The highest BCUT2D eigenvalue weighted by atomic mass is 16.2. The molecule has 2 fully saturated rings. The Morgan fingerprint density at radius 3 is 2.65 bits per heavy atom. The van der Waals surface area contributed by atoms with E-state index in [0.717, 1.165) is 32.7 Å². The molecule has 1 N–H and O–H groups in total. The van der Waals surface area contributed by atoms with Gasteiger partial charge in [0.05, 0.1) is 6.42 Å².